The number of carbonyl (C=O) groups excluding carboxylic acids is 1. The Morgan fingerprint density at radius 2 is 2.50 bits per heavy atom. The highest BCUT2D eigenvalue weighted by molar-refractivity contribution is 7.13. The summed E-state index contributed by atoms with van der Waals surface area (Å²) in [6.45, 7) is 1.58. The minimum atomic E-state index is 0.147. The minimum absolute atomic E-state index is 0.147. The second-order valence-corrected chi connectivity index (χ2v) is 3.96. The summed E-state index contributed by atoms with van der Waals surface area (Å²) in [4.78, 5) is 18.3. The highest BCUT2D eigenvalue weighted by Gasteiger charge is 2.06. The largest absolute Gasteiger partial charge is 0.359 e. The van der Waals surface area contributed by atoms with Crippen molar-refractivity contribution < 1.29 is 4.79 Å². The Morgan fingerprint density at radius 1 is 1.64 bits per heavy atom. The van der Waals surface area contributed by atoms with Crippen molar-refractivity contribution in [3.8, 4) is 10.7 Å². The lowest BCUT2D eigenvalue weighted by Crippen LogP contribution is -1.95. The molecule has 0 saturated heterocycles. The summed E-state index contributed by atoms with van der Waals surface area (Å²) in [6, 6.07) is 3.90. The molecule has 14 heavy (non-hydrogen) atoms. The zero-order valence-electron chi connectivity index (χ0n) is 7.78. The highest BCUT2D eigenvalue weighted by atomic mass is 32.1. The molecule has 0 bridgehead atoms. The number of nitrogens with zero attached hydrogens (tertiary/aromatic N) is 1. The maximum atomic E-state index is 10.9. The first-order chi connectivity index (χ1) is 6.75. The van der Waals surface area contributed by atoms with E-state index < -0.39 is 0 Å². The summed E-state index contributed by atoms with van der Waals surface area (Å²) >= 11 is 1.55. The molecule has 4 heteroatoms. The smallest absolute Gasteiger partial charge is 0.139 e. The Hall–Kier alpha value is -1.42. The van der Waals surface area contributed by atoms with Gasteiger partial charge >= 0.3 is 0 Å². The lowest BCUT2D eigenvalue weighted by Gasteiger charge is -1.89. The predicted octanol–water partition coefficient (Wildman–Crippen LogP) is 2.27. The van der Waals surface area contributed by atoms with E-state index in [1.807, 2.05) is 23.7 Å². The summed E-state index contributed by atoms with van der Waals surface area (Å²) in [5, 5.41) is 2.86. The summed E-state index contributed by atoms with van der Waals surface area (Å²) in [5.74, 6) is 0.147. The number of ketones is 1. The molecule has 0 unspecified atom stereocenters. The van der Waals surface area contributed by atoms with Crippen molar-refractivity contribution in [3.63, 3.8) is 0 Å². The molecule has 0 amide bonds. The molecule has 2 aromatic rings. The summed E-state index contributed by atoms with van der Waals surface area (Å²) < 4.78 is 0. The Balaban J connectivity index is 2.22. The number of aromatic nitrogens is 2. The predicted molar refractivity (Wildman–Crippen MR) is 56.3 cm³/mol. The van der Waals surface area contributed by atoms with Gasteiger partial charge in [-0.2, -0.15) is 0 Å². The molecule has 3 nitrogen and oxygen atoms in total. The summed E-state index contributed by atoms with van der Waals surface area (Å²) in [7, 11) is 0. The van der Waals surface area contributed by atoms with Gasteiger partial charge in [0, 0.05) is 18.0 Å². The van der Waals surface area contributed by atoms with Crippen LogP contribution in [0, 0.1) is 0 Å². The van der Waals surface area contributed by atoms with Crippen molar-refractivity contribution >= 4 is 17.1 Å². The fourth-order valence-electron chi connectivity index (χ4n) is 1.23. The van der Waals surface area contributed by atoms with E-state index in [-0.39, 0.29) is 5.78 Å². The van der Waals surface area contributed by atoms with E-state index in [1.54, 1.807) is 18.3 Å². The second-order valence-electron chi connectivity index (χ2n) is 3.11. The number of nitrogens with one attached hydrogen (secondary N) is 1. The van der Waals surface area contributed by atoms with Crippen LogP contribution < -0.4 is 0 Å². The zero-order valence-corrected chi connectivity index (χ0v) is 8.60. The maximum Gasteiger partial charge on any atom is 0.139 e. The van der Waals surface area contributed by atoms with E-state index >= 15 is 0 Å². The van der Waals surface area contributed by atoms with Gasteiger partial charge in [0.1, 0.15) is 10.8 Å². The molecule has 0 aliphatic rings. The van der Waals surface area contributed by atoms with E-state index in [1.165, 1.54) is 0 Å². The van der Waals surface area contributed by atoms with Crippen molar-refractivity contribution in [2.24, 2.45) is 0 Å². The van der Waals surface area contributed by atoms with Crippen LogP contribution in [0.15, 0.2) is 23.7 Å². The molecule has 0 aliphatic carbocycles. The van der Waals surface area contributed by atoms with Crippen LogP contribution in [0.5, 0.6) is 0 Å². The number of aromatic amines is 1. The first-order valence-electron chi connectivity index (χ1n) is 4.33. The summed E-state index contributed by atoms with van der Waals surface area (Å²) in [6.07, 6.45) is 2.29. The van der Waals surface area contributed by atoms with Crippen LogP contribution in [-0.4, -0.2) is 15.8 Å². The van der Waals surface area contributed by atoms with Gasteiger partial charge in [-0.3, -0.25) is 4.79 Å². The summed E-state index contributed by atoms with van der Waals surface area (Å²) in [5.41, 5.74) is 1.86. The molecule has 2 aromatic heterocycles. The first kappa shape index (κ1) is 9.15. The number of hydrogen-bond acceptors (Lipinski definition) is 3. The van der Waals surface area contributed by atoms with E-state index in [9.17, 15) is 4.79 Å². The van der Waals surface area contributed by atoms with Gasteiger partial charge in [0.2, 0.25) is 0 Å². The Kier molecular flexibility index (Phi) is 2.45. The fourth-order valence-corrected chi connectivity index (χ4v) is 2.04. The van der Waals surface area contributed by atoms with Gasteiger partial charge in [0.15, 0.2) is 0 Å². The van der Waals surface area contributed by atoms with Gasteiger partial charge in [-0.25, -0.2) is 4.98 Å². The molecule has 2 heterocycles. The van der Waals surface area contributed by atoms with Crippen LogP contribution in [0.4, 0.5) is 0 Å². The van der Waals surface area contributed by atoms with Crippen LogP contribution in [-0.2, 0) is 11.2 Å². The number of hydrogen-bond donors (Lipinski definition) is 1. The Labute approximate surface area is 85.8 Å². The lowest BCUT2D eigenvalue weighted by molar-refractivity contribution is -0.116. The van der Waals surface area contributed by atoms with Crippen molar-refractivity contribution in [2.45, 2.75) is 13.3 Å². The molecular weight excluding hydrogens is 196 g/mol. The van der Waals surface area contributed by atoms with Gasteiger partial charge in [-0.1, -0.05) is 0 Å². The molecular formula is C10H10N2OS. The third-order valence-corrected chi connectivity index (χ3v) is 2.73. The quantitative estimate of drug-likeness (QED) is 0.837. The number of thiazole rings is 1. The molecule has 72 valence electrons. The molecule has 0 radical (unpaired) electrons. The molecule has 0 aliphatic heterocycles. The third kappa shape index (κ3) is 1.90. The molecule has 0 fully saturated rings. The van der Waals surface area contributed by atoms with Crippen molar-refractivity contribution in [3.05, 3.63) is 29.4 Å². The highest BCUT2D eigenvalue weighted by Crippen LogP contribution is 2.21. The lowest BCUT2D eigenvalue weighted by atomic mass is 10.2. The first-order valence-corrected chi connectivity index (χ1v) is 5.21. The van der Waals surface area contributed by atoms with Crippen LogP contribution >= 0.6 is 11.3 Å². The normalized spacial score (nSPS) is 10.4. The van der Waals surface area contributed by atoms with E-state index in [0.717, 1.165) is 16.4 Å². The molecule has 2 rings (SSSR count). The van der Waals surface area contributed by atoms with E-state index in [4.69, 9.17) is 0 Å². The number of rotatable bonds is 3. The maximum absolute atomic E-state index is 10.9. The standard InChI is InChI=1S/C10H10N2OS/c1-7(13)5-8-6-14-10(12-8)9-3-2-4-11-9/h2-4,6,11H,5H2,1H3. The van der Waals surface area contributed by atoms with E-state index in [0.29, 0.717) is 6.42 Å². The van der Waals surface area contributed by atoms with Crippen LogP contribution in [0.25, 0.3) is 10.7 Å². The SMILES string of the molecule is CC(=O)Cc1csc(-c2ccc[nH]2)n1. The van der Waals surface area contributed by atoms with Gasteiger partial charge in [-0.15, -0.1) is 11.3 Å². The average Bonchev–Trinajstić information content (AvgIpc) is 2.69. The van der Waals surface area contributed by atoms with Crippen LogP contribution in [0.3, 0.4) is 0 Å². The van der Waals surface area contributed by atoms with Gasteiger partial charge < -0.3 is 4.98 Å². The number of H-pyrrole nitrogens is 1. The average molecular weight is 206 g/mol. The second kappa shape index (κ2) is 3.75. The van der Waals surface area contributed by atoms with Crippen molar-refractivity contribution in [1.29, 1.82) is 0 Å². The minimum Gasteiger partial charge on any atom is -0.359 e. The van der Waals surface area contributed by atoms with E-state index in [2.05, 4.69) is 9.97 Å². The third-order valence-electron chi connectivity index (χ3n) is 1.81. The van der Waals surface area contributed by atoms with Gasteiger partial charge in [0.05, 0.1) is 11.4 Å². The molecule has 0 saturated carbocycles. The topological polar surface area (TPSA) is 45.8 Å². The Bertz CT molecular complexity index is 431. The fraction of sp³-hybridized carbons (Fsp3) is 0.200. The Morgan fingerprint density at radius 3 is 3.14 bits per heavy atom. The zero-order chi connectivity index (χ0) is 9.97. The van der Waals surface area contributed by atoms with Crippen molar-refractivity contribution in [1.82, 2.24) is 9.97 Å². The molecule has 1 N–H and O–H groups in total. The monoisotopic (exact) mass is 206 g/mol. The van der Waals surface area contributed by atoms with Crippen molar-refractivity contribution in [2.75, 3.05) is 0 Å². The van der Waals surface area contributed by atoms with Crippen LogP contribution in [0.1, 0.15) is 12.6 Å². The number of carbonyl (C=O) groups is 1. The van der Waals surface area contributed by atoms with Gasteiger partial charge in [-0.05, 0) is 19.1 Å². The number of Topliss-reactive ketones (excluding diaryl/α,β-unsaturated/α-hetero) is 1. The molecule has 0 spiro atoms. The molecule has 0 atom stereocenters. The molecule has 0 aromatic carbocycles. The van der Waals surface area contributed by atoms with Crippen LogP contribution in [0.2, 0.25) is 0 Å². The van der Waals surface area contributed by atoms with Gasteiger partial charge in [0.25, 0.3) is 0 Å².